The predicted octanol–water partition coefficient (Wildman–Crippen LogP) is 5.86. The normalized spacial score (nSPS) is 23.1. The highest BCUT2D eigenvalue weighted by molar-refractivity contribution is 8.00. The van der Waals surface area contributed by atoms with Crippen LogP contribution in [0.1, 0.15) is 38.3 Å². The van der Waals surface area contributed by atoms with Crippen molar-refractivity contribution in [3.63, 3.8) is 0 Å². The Labute approximate surface area is 259 Å². The van der Waals surface area contributed by atoms with Gasteiger partial charge >= 0.3 is 5.51 Å². The molecule has 44 heavy (non-hydrogen) atoms. The second kappa shape index (κ2) is 11.8. The predicted molar refractivity (Wildman–Crippen MR) is 169 cm³/mol. The fourth-order valence-corrected chi connectivity index (χ4v) is 8.32. The first-order chi connectivity index (χ1) is 20.9. The lowest BCUT2D eigenvalue weighted by Gasteiger charge is -2.54. The number of anilines is 2. The van der Waals surface area contributed by atoms with Gasteiger partial charge in [-0.15, -0.1) is 0 Å². The summed E-state index contributed by atoms with van der Waals surface area (Å²) in [5.74, 6) is 6.95. The van der Waals surface area contributed by atoms with E-state index in [4.69, 9.17) is 9.47 Å². The maximum atomic E-state index is 13.7. The maximum absolute atomic E-state index is 13.7. The van der Waals surface area contributed by atoms with E-state index < -0.39 is 12.7 Å². The largest absolute Gasteiger partial charge is 0.495 e. The van der Waals surface area contributed by atoms with Crippen molar-refractivity contribution in [3.05, 3.63) is 42.1 Å². The molecule has 0 unspecified atom stereocenters. The Morgan fingerprint density at radius 3 is 2.64 bits per heavy atom. The summed E-state index contributed by atoms with van der Waals surface area (Å²) in [6, 6.07) is 11.6. The number of fused-ring (bicyclic) bond motifs is 3. The molecule has 3 atom stereocenters. The topological polar surface area (TPSA) is 80.1 Å². The number of halogens is 3. The zero-order valence-electron chi connectivity index (χ0n) is 25.2. The quantitative estimate of drug-likeness (QED) is 0.179. The minimum atomic E-state index is -4.50. The van der Waals surface area contributed by atoms with Crippen molar-refractivity contribution in [2.24, 2.45) is 0 Å². The summed E-state index contributed by atoms with van der Waals surface area (Å²) in [5, 5.41) is 12.1. The van der Waals surface area contributed by atoms with E-state index in [9.17, 15) is 17.7 Å². The second-order valence-electron chi connectivity index (χ2n) is 12.3. The van der Waals surface area contributed by atoms with E-state index in [-0.39, 0.29) is 40.5 Å². The molecule has 0 aliphatic carbocycles. The van der Waals surface area contributed by atoms with Gasteiger partial charge < -0.3 is 24.7 Å². The van der Waals surface area contributed by atoms with E-state index in [1.165, 1.54) is 7.11 Å². The van der Waals surface area contributed by atoms with Crippen LogP contribution >= 0.6 is 18.9 Å². The summed E-state index contributed by atoms with van der Waals surface area (Å²) >= 11 is -0.194. The van der Waals surface area contributed by atoms with Crippen molar-refractivity contribution in [2.75, 3.05) is 50.8 Å². The zero-order valence-corrected chi connectivity index (χ0v) is 26.9. The lowest BCUT2D eigenvalue weighted by molar-refractivity contribution is -0.155. The molecule has 0 saturated carbocycles. The smallest absolute Gasteiger partial charge is 0.446 e. The summed E-state index contributed by atoms with van der Waals surface area (Å²) in [6.45, 7) is 7.24. The third-order valence-corrected chi connectivity index (χ3v) is 11.2. The van der Waals surface area contributed by atoms with Gasteiger partial charge in [0.2, 0.25) is 0 Å². The van der Waals surface area contributed by atoms with Crippen molar-refractivity contribution in [1.29, 1.82) is 0 Å². The van der Waals surface area contributed by atoms with Gasteiger partial charge in [-0.25, -0.2) is 4.52 Å². The molecule has 3 saturated heterocycles. The Bertz CT molecular complexity index is 1660. The molecule has 0 radical (unpaired) electrons. The number of hydrogen-bond acceptors (Lipinski definition) is 8. The van der Waals surface area contributed by atoms with Gasteiger partial charge in [0, 0.05) is 23.4 Å². The van der Waals surface area contributed by atoms with Crippen LogP contribution in [0, 0.1) is 11.8 Å². The van der Waals surface area contributed by atoms with Crippen molar-refractivity contribution < 1.29 is 27.2 Å². The number of thioether (sulfide) groups is 1. The van der Waals surface area contributed by atoms with Gasteiger partial charge in [0.1, 0.15) is 24.4 Å². The Balaban J connectivity index is 1.26. The number of nitrogens with zero attached hydrogens (tertiary/aromatic N) is 3. The number of pyridine rings is 1. The van der Waals surface area contributed by atoms with Crippen LogP contribution in [-0.4, -0.2) is 83.9 Å². The molecule has 3 aliphatic rings. The zero-order chi connectivity index (χ0) is 31.3. The van der Waals surface area contributed by atoms with Crippen LogP contribution < -0.4 is 20.7 Å². The Kier molecular flexibility index (Phi) is 8.37. The van der Waals surface area contributed by atoms with Crippen molar-refractivity contribution >= 4 is 41.2 Å². The van der Waals surface area contributed by atoms with E-state index >= 15 is 0 Å². The number of hydrogen-bond donors (Lipinski definition) is 2. The van der Waals surface area contributed by atoms with E-state index in [2.05, 4.69) is 39.4 Å². The average molecular weight is 648 g/mol. The summed E-state index contributed by atoms with van der Waals surface area (Å²) in [4.78, 5) is 2.60. The summed E-state index contributed by atoms with van der Waals surface area (Å²) in [7, 11) is -0.949. The highest BCUT2D eigenvalue weighted by Crippen LogP contribution is 2.45. The van der Waals surface area contributed by atoms with Gasteiger partial charge in [-0.2, -0.15) is 18.3 Å². The highest BCUT2D eigenvalue weighted by atomic mass is 32.2. The molecule has 3 aliphatic heterocycles. The molecule has 5 heterocycles. The van der Waals surface area contributed by atoms with Crippen molar-refractivity contribution in [1.82, 2.24) is 14.5 Å². The Hall–Kier alpha value is -2.84. The van der Waals surface area contributed by atoms with E-state index in [1.54, 1.807) is 48.2 Å². The highest BCUT2D eigenvalue weighted by Gasteiger charge is 2.53. The van der Waals surface area contributed by atoms with Crippen molar-refractivity contribution in [2.45, 2.75) is 66.7 Å². The monoisotopic (exact) mass is 647 g/mol. The molecule has 0 spiro atoms. The molecule has 8 nitrogen and oxygen atoms in total. The van der Waals surface area contributed by atoms with Gasteiger partial charge in [0.25, 0.3) is 0 Å². The third-order valence-electron chi connectivity index (χ3n) is 8.82. The van der Waals surface area contributed by atoms with E-state index in [0.717, 1.165) is 38.9 Å². The van der Waals surface area contributed by atoms with Crippen molar-refractivity contribution in [3.8, 4) is 17.6 Å². The molecule has 236 valence electrons. The lowest BCUT2D eigenvalue weighted by Crippen LogP contribution is -2.67. The molecule has 6 rings (SSSR count). The Morgan fingerprint density at radius 2 is 1.95 bits per heavy atom. The fourth-order valence-electron chi connectivity index (χ4n) is 6.78. The first-order valence-corrected chi connectivity index (χ1v) is 18.1. The van der Waals surface area contributed by atoms with Gasteiger partial charge in [-0.3, -0.25) is 4.90 Å². The number of aromatic nitrogens is 2. The first kappa shape index (κ1) is 31.2. The minimum Gasteiger partial charge on any atom is -0.495 e. The number of methoxy groups -OCH3 is 1. The van der Waals surface area contributed by atoms with Crippen LogP contribution in [0.3, 0.4) is 0 Å². The number of nitrogens with one attached hydrogen (secondary N) is 2. The second-order valence-corrected chi connectivity index (χ2v) is 16.6. The average Bonchev–Trinajstić information content (AvgIpc) is 3.46. The summed E-state index contributed by atoms with van der Waals surface area (Å²) in [5.41, 5.74) is -3.40. The Morgan fingerprint density at radius 1 is 1.18 bits per heavy atom. The standard InChI is InChI=1S/C31H37F3N5O3PS/c1-30(18-42-19-30)38-20-10-13-22(25(38)15-11-20)36-28-9-5-8-26-29(44-31(32,33)34)24(37-39(26)28)7-6-16-35-23-14-12-21(43(3,4)40)17-27(23)41-2/h5,8-9,12,14,17,20,22,25,35-36H,10-11,13,15-16,18-19H2,1-4H3/t20-,22-,25-/m1/s1. The molecular formula is C31H37F3N5O3PS. The molecule has 3 fully saturated rings. The van der Waals surface area contributed by atoms with Crippen LogP contribution in [0.2, 0.25) is 0 Å². The molecule has 1 aromatic carbocycles. The van der Waals surface area contributed by atoms with Crippen LogP contribution in [0.5, 0.6) is 5.75 Å². The van der Waals surface area contributed by atoms with Gasteiger partial charge in [0.05, 0.1) is 48.5 Å². The molecular weight excluding hydrogens is 610 g/mol. The SMILES string of the molecule is COc1cc(P(C)(C)=O)ccc1NCC#Cc1nn2c(N[C@@H]3CC[C@@H]4CC[C@H]3N4C3(C)COC3)cccc2c1SC(F)(F)F. The number of ether oxygens (including phenoxy) is 2. The minimum absolute atomic E-state index is 0.0254. The van der Waals surface area contributed by atoms with Crippen LogP contribution in [0.4, 0.5) is 24.7 Å². The maximum Gasteiger partial charge on any atom is 0.446 e. The fraction of sp³-hybridized carbons (Fsp3) is 0.516. The number of piperidine rings is 1. The van der Waals surface area contributed by atoms with Crippen LogP contribution in [-0.2, 0) is 9.30 Å². The summed E-state index contributed by atoms with van der Waals surface area (Å²) < 4.78 is 66.1. The lowest BCUT2D eigenvalue weighted by atomic mass is 9.88. The number of benzene rings is 1. The molecule has 2 aromatic heterocycles. The molecule has 2 bridgehead atoms. The molecule has 0 amide bonds. The van der Waals surface area contributed by atoms with Crippen LogP contribution in [0.15, 0.2) is 41.3 Å². The third kappa shape index (κ3) is 6.17. The van der Waals surface area contributed by atoms with E-state index in [0.29, 0.717) is 40.2 Å². The van der Waals surface area contributed by atoms with E-state index in [1.807, 2.05) is 6.07 Å². The summed E-state index contributed by atoms with van der Waals surface area (Å²) in [6.07, 6.45) is 4.29. The number of alkyl halides is 3. The molecule has 13 heteroatoms. The molecule has 3 aromatic rings. The van der Waals surface area contributed by atoms with Gasteiger partial charge in [-0.05, 0) is 94.0 Å². The van der Waals surface area contributed by atoms with Gasteiger partial charge in [-0.1, -0.05) is 12.0 Å². The molecule has 2 N–H and O–H groups in total. The first-order valence-electron chi connectivity index (χ1n) is 14.7. The van der Waals surface area contributed by atoms with Crippen LogP contribution in [0.25, 0.3) is 5.52 Å². The number of rotatable bonds is 8. The van der Waals surface area contributed by atoms with Gasteiger partial charge in [0.15, 0.2) is 0 Å².